The SMILES string of the molecule is CC1CCC2(c3cnc[nH]3)Cc3ccccc3C12. The highest BCUT2D eigenvalue weighted by Crippen LogP contribution is 2.59. The standard InChI is InChI=1S/C16H18N2/c1-11-6-7-16(14-9-17-10-18-14)8-12-4-2-3-5-13(12)15(11)16/h2-5,9-11,15H,6-8H2,1H3,(H,17,18). The summed E-state index contributed by atoms with van der Waals surface area (Å²) in [6, 6.07) is 9.00. The Hall–Kier alpha value is -1.57. The molecule has 3 atom stereocenters. The van der Waals surface area contributed by atoms with E-state index in [-0.39, 0.29) is 0 Å². The van der Waals surface area contributed by atoms with Crippen molar-refractivity contribution in [2.75, 3.05) is 0 Å². The number of benzene rings is 1. The Morgan fingerprint density at radius 2 is 2.22 bits per heavy atom. The molecule has 0 saturated heterocycles. The van der Waals surface area contributed by atoms with Gasteiger partial charge in [0, 0.05) is 17.3 Å². The van der Waals surface area contributed by atoms with Crippen LogP contribution < -0.4 is 0 Å². The molecule has 1 saturated carbocycles. The minimum atomic E-state index is 0.291. The normalized spacial score (nSPS) is 33.4. The van der Waals surface area contributed by atoms with Gasteiger partial charge in [0.05, 0.1) is 6.33 Å². The second-order valence-electron chi connectivity index (χ2n) is 5.99. The number of nitrogens with one attached hydrogen (secondary N) is 1. The fourth-order valence-corrected chi connectivity index (χ4v) is 4.42. The molecule has 92 valence electrons. The van der Waals surface area contributed by atoms with Crippen LogP contribution in [-0.2, 0) is 11.8 Å². The Bertz CT molecular complexity index is 573. The smallest absolute Gasteiger partial charge is 0.0921 e. The molecule has 1 aromatic heterocycles. The van der Waals surface area contributed by atoms with E-state index in [1.54, 1.807) is 11.1 Å². The zero-order valence-corrected chi connectivity index (χ0v) is 10.7. The van der Waals surface area contributed by atoms with Crippen molar-refractivity contribution in [2.45, 2.75) is 37.5 Å². The van der Waals surface area contributed by atoms with Crippen LogP contribution >= 0.6 is 0 Å². The molecule has 0 spiro atoms. The van der Waals surface area contributed by atoms with Gasteiger partial charge in [-0.05, 0) is 42.2 Å². The van der Waals surface area contributed by atoms with Gasteiger partial charge in [-0.3, -0.25) is 0 Å². The van der Waals surface area contributed by atoms with Crippen molar-refractivity contribution in [2.24, 2.45) is 5.92 Å². The van der Waals surface area contributed by atoms with E-state index in [4.69, 9.17) is 0 Å². The molecule has 2 aliphatic rings. The molecule has 4 rings (SSSR count). The van der Waals surface area contributed by atoms with E-state index in [1.807, 2.05) is 12.5 Å². The molecule has 0 amide bonds. The zero-order valence-electron chi connectivity index (χ0n) is 10.7. The van der Waals surface area contributed by atoms with E-state index in [1.165, 1.54) is 25.0 Å². The molecule has 1 fully saturated rings. The average molecular weight is 238 g/mol. The molecule has 1 heterocycles. The molecule has 2 aromatic rings. The molecule has 2 heteroatoms. The molecule has 0 bridgehead atoms. The first-order valence-electron chi connectivity index (χ1n) is 6.88. The second kappa shape index (κ2) is 3.47. The van der Waals surface area contributed by atoms with Crippen LogP contribution in [0.2, 0.25) is 0 Å². The third kappa shape index (κ3) is 1.16. The lowest BCUT2D eigenvalue weighted by molar-refractivity contribution is 0.382. The maximum absolute atomic E-state index is 4.25. The van der Waals surface area contributed by atoms with Crippen molar-refractivity contribution >= 4 is 0 Å². The summed E-state index contributed by atoms with van der Waals surface area (Å²) in [5.74, 6) is 1.45. The van der Waals surface area contributed by atoms with Crippen molar-refractivity contribution in [3.63, 3.8) is 0 Å². The first-order chi connectivity index (χ1) is 8.81. The van der Waals surface area contributed by atoms with Gasteiger partial charge in [0.15, 0.2) is 0 Å². The first-order valence-corrected chi connectivity index (χ1v) is 6.88. The Kier molecular flexibility index (Phi) is 2.00. The van der Waals surface area contributed by atoms with Crippen LogP contribution in [0.5, 0.6) is 0 Å². The Balaban J connectivity index is 1.91. The number of aromatic nitrogens is 2. The van der Waals surface area contributed by atoms with Crippen LogP contribution in [0.3, 0.4) is 0 Å². The second-order valence-corrected chi connectivity index (χ2v) is 5.99. The summed E-state index contributed by atoms with van der Waals surface area (Å²) in [7, 11) is 0. The number of hydrogen-bond acceptors (Lipinski definition) is 1. The zero-order chi connectivity index (χ0) is 12.2. The predicted molar refractivity (Wildman–Crippen MR) is 71.6 cm³/mol. The van der Waals surface area contributed by atoms with Crippen molar-refractivity contribution in [3.8, 4) is 0 Å². The fraction of sp³-hybridized carbons (Fsp3) is 0.438. The van der Waals surface area contributed by atoms with Gasteiger partial charge in [0.2, 0.25) is 0 Å². The Labute approximate surface area is 107 Å². The summed E-state index contributed by atoms with van der Waals surface area (Å²) in [4.78, 5) is 7.64. The number of rotatable bonds is 1. The summed E-state index contributed by atoms with van der Waals surface area (Å²) in [5, 5.41) is 0. The highest BCUT2D eigenvalue weighted by Gasteiger charge is 2.53. The van der Waals surface area contributed by atoms with E-state index in [2.05, 4.69) is 41.2 Å². The number of H-pyrrole nitrogens is 1. The minimum Gasteiger partial charge on any atom is -0.348 e. The molecule has 2 nitrogen and oxygen atoms in total. The molecule has 0 aliphatic heterocycles. The van der Waals surface area contributed by atoms with Crippen molar-refractivity contribution in [1.82, 2.24) is 9.97 Å². The monoisotopic (exact) mass is 238 g/mol. The van der Waals surface area contributed by atoms with Gasteiger partial charge in [0.1, 0.15) is 0 Å². The quantitative estimate of drug-likeness (QED) is 0.810. The van der Waals surface area contributed by atoms with Crippen molar-refractivity contribution in [3.05, 3.63) is 53.6 Å². The molecular weight excluding hydrogens is 220 g/mol. The summed E-state index contributed by atoms with van der Waals surface area (Å²) >= 11 is 0. The third-order valence-electron chi connectivity index (χ3n) is 5.14. The van der Waals surface area contributed by atoms with Gasteiger partial charge in [-0.25, -0.2) is 4.98 Å². The number of hydrogen-bond donors (Lipinski definition) is 1. The van der Waals surface area contributed by atoms with Crippen LogP contribution in [0.25, 0.3) is 0 Å². The maximum Gasteiger partial charge on any atom is 0.0921 e. The molecule has 1 N–H and O–H groups in total. The summed E-state index contributed by atoms with van der Waals surface area (Å²) in [6.45, 7) is 2.41. The lowest BCUT2D eigenvalue weighted by Crippen LogP contribution is -2.28. The molecule has 0 radical (unpaired) electrons. The maximum atomic E-state index is 4.25. The molecular formula is C16H18N2. The minimum absolute atomic E-state index is 0.291. The first kappa shape index (κ1) is 10.4. The number of imidazole rings is 1. The number of fused-ring (bicyclic) bond motifs is 3. The van der Waals surface area contributed by atoms with Crippen LogP contribution in [-0.4, -0.2) is 9.97 Å². The van der Waals surface area contributed by atoms with Crippen LogP contribution in [0.4, 0.5) is 0 Å². The summed E-state index contributed by atoms with van der Waals surface area (Å²) < 4.78 is 0. The number of aromatic amines is 1. The summed E-state index contributed by atoms with van der Waals surface area (Å²) in [6.07, 6.45) is 7.66. The van der Waals surface area contributed by atoms with Gasteiger partial charge < -0.3 is 4.98 Å². The van der Waals surface area contributed by atoms with Gasteiger partial charge in [0.25, 0.3) is 0 Å². The van der Waals surface area contributed by atoms with Crippen LogP contribution in [0.1, 0.15) is 42.5 Å². The predicted octanol–water partition coefficient (Wildman–Crippen LogP) is 3.42. The van der Waals surface area contributed by atoms with E-state index in [0.29, 0.717) is 11.3 Å². The van der Waals surface area contributed by atoms with E-state index in [0.717, 1.165) is 5.92 Å². The van der Waals surface area contributed by atoms with E-state index < -0.39 is 0 Å². The van der Waals surface area contributed by atoms with Gasteiger partial charge in [-0.1, -0.05) is 31.2 Å². The Morgan fingerprint density at radius 1 is 1.33 bits per heavy atom. The topological polar surface area (TPSA) is 28.7 Å². The lowest BCUT2D eigenvalue weighted by atomic mass is 9.74. The Morgan fingerprint density at radius 3 is 3.06 bits per heavy atom. The number of nitrogens with zero attached hydrogens (tertiary/aromatic N) is 1. The summed E-state index contributed by atoms with van der Waals surface area (Å²) in [5.41, 5.74) is 4.76. The molecule has 1 aromatic carbocycles. The third-order valence-corrected chi connectivity index (χ3v) is 5.14. The molecule has 3 unspecified atom stereocenters. The van der Waals surface area contributed by atoms with E-state index in [9.17, 15) is 0 Å². The van der Waals surface area contributed by atoms with E-state index >= 15 is 0 Å². The van der Waals surface area contributed by atoms with Crippen molar-refractivity contribution < 1.29 is 0 Å². The fourth-order valence-electron chi connectivity index (χ4n) is 4.42. The van der Waals surface area contributed by atoms with Gasteiger partial charge >= 0.3 is 0 Å². The highest BCUT2D eigenvalue weighted by molar-refractivity contribution is 5.46. The van der Waals surface area contributed by atoms with Crippen LogP contribution in [0.15, 0.2) is 36.8 Å². The van der Waals surface area contributed by atoms with Crippen molar-refractivity contribution in [1.29, 1.82) is 0 Å². The lowest BCUT2D eigenvalue weighted by Gasteiger charge is -2.30. The largest absolute Gasteiger partial charge is 0.348 e. The molecule has 2 aliphatic carbocycles. The van der Waals surface area contributed by atoms with Gasteiger partial charge in [-0.2, -0.15) is 0 Å². The van der Waals surface area contributed by atoms with Gasteiger partial charge in [-0.15, -0.1) is 0 Å². The highest BCUT2D eigenvalue weighted by atomic mass is 14.9. The van der Waals surface area contributed by atoms with Crippen LogP contribution in [0, 0.1) is 5.92 Å². The average Bonchev–Trinajstić information content (AvgIpc) is 3.05. The molecule has 18 heavy (non-hydrogen) atoms.